The number of nitrogens with zero attached hydrogens (tertiary/aromatic N) is 2. The Bertz CT molecular complexity index is 1170. The maximum atomic E-state index is 13.5. The molecule has 10 heteroatoms. The number of amides is 3. The third-order valence-corrected chi connectivity index (χ3v) is 5.99. The van der Waals surface area contributed by atoms with E-state index in [0.29, 0.717) is 48.3 Å². The van der Waals surface area contributed by atoms with E-state index >= 15 is 0 Å². The van der Waals surface area contributed by atoms with Crippen molar-refractivity contribution >= 4 is 17.6 Å². The molecule has 0 spiro atoms. The van der Waals surface area contributed by atoms with Gasteiger partial charge in [-0.3, -0.25) is 4.79 Å². The number of methoxy groups -OCH3 is 3. The predicted octanol–water partition coefficient (Wildman–Crippen LogP) is 4.45. The Hall–Kier alpha value is -4.18. The van der Waals surface area contributed by atoms with Gasteiger partial charge in [0.1, 0.15) is 18.1 Å². The number of ether oxygens (including phenoxy) is 4. The van der Waals surface area contributed by atoms with Crippen LogP contribution in [0.15, 0.2) is 65.3 Å². The number of furan rings is 1. The van der Waals surface area contributed by atoms with Gasteiger partial charge in [-0.25, -0.2) is 4.79 Å². The molecule has 0 fully saturated rings. The van der Waals surface area contributed by atoms with Crippen LogP contribution in [0.25, 0.3) is 0 Å². The Morgan fingerprint density at radius 2 is 1.69 bits per heavy atom. The van der Waals surface area contributed by atoms with E-state index in [-0.39, 0.29) is 32.1 Å². The minimum Gasteiger partial charge on any atom is -0.494 e. The molecule has 0 saturated carbocycles. The van der Waals surface area contributed by atoms with Crippen molar-refractivity contribution in [1.82, 2.24) is 9.80 Å². The van der Waals surface area contributed by atoms with E-state index in [0.717, 1.165) is 5.56 Å². The molecular formula is C29H37N3O7. The summed E-state index contributed by atoms with van der Waals surface area (Å²) in [5, 5.41) is 2.85. The molecule has 1 aromatic heterocycles. The lowest BCUT2D eigenvalue weighted by Crippen LogP contribution is -2.46. The maximum absolute atomic E-state index is 13.5. The van der Waals surface area contributed by atoms with Crippen molar-refractivity contribution in [2.75, 3.05) is 59.5 Å². The van der Waals surface area contributed by atoms with E-state index in [9.17, 15) is 9.59 Å². The van der Waals surface area contributed by atoms with Gasteiger partial charge in [0.25, 0.3) is 0 Å². The highest BCUT2D eigenvalue weighted by Gasteiger charge is 2.22. The second-order valence-electron chi connectivity index (χ2n) is 8.64. The number of hydrogen-bond acceptors (Lipinski definition) is 7. The van der Waals surface area contributed by atoms with Crippen LogP contribution < -0.4 is 19.5 Å². The Labute approximate surface area is 229 Å². The van der Waals surface area contributed by atoms with Gasteiger partial charge in [0.2, 0.25) is 5.91 Å². The zero-order valence-electron chi connectivity index (χ0n) is 23.0. The first-order valence-electron chi connectivity index (χ1n) is 12.8. The van der Waals surface area contributed by atoms with E-state index in [1.54, 1.807) is 62.8 Å². The lowest BCUT2D eigenvalue weighted by Gasteiger charge is -2.27. The summed E-state index contributed by atoms with van der Waals surface area (Å²) >= 11 is 0. The summed E-state index contributed by atoms with van der Waals surface area (Å²) in [5.74, 6) is 2.40. The number of carbonyl (C=O) groups is 2. The fraction of sp³-hybridized carbons (Fsp3) is 0.379. The summed E-state index contributed by atoms with van der Waals surface area (Å²) in [5.41, 5.74) is 1.58. The lowest BCUT2D eigenvalue weighted by molar-refractivity contribution is -0.132. The molecule has 0 saturated heterocycles. The molecule has 0 aliphatic heterocycles. The van der Waals surface area contributed by atoms with Gasteiger partial charge in [-0.05, 0) is 67.4 Å². The Morgan fingerprint density at radius 1 is 0.923 bits per heavy atom. The van der Waals surface area contributed by atoms with Gasteiger partial charge >= 0.3 is 6.03 Å². The van der Waals surface area contributed by atoms with Crippen molar-refractivity contribution in [1.29, 1.82) is 0 Å². The molecular weight excluding hydrogens is 502 g/mol. The summed E-state index contributed by atoms with van der Waals surface area (Å²) in [7, 11) is 4.72. The highest BCUT2D eigenvalue weighted by atomic mass is 16.5. The standard InChI is InChI=1S/C29H37N3O7/c1-5-38-24-11-9-23(10-12-24)30-29(34)32(16-18-35-2)21-28(33)31(20-25-7-6-17-39-25)15-14-22-8-13-26(36-3)27(19-22)37-4/h6-13,17,19H,5,14-16,18,20-21H2,1-4H3,(H,30,34). The van der Waals surface area contributed by atoms with Crippen molar-refractivity contribution < 1.29 is 33.0 Å². The van der Waals surface area contributed by atoms with Gasteiger partial charge in [-0.15, -0.1) is 0 Å². The van der Waals surface area contributed by atoms with E-state index in [4.69, 9.17) is 23.4 Å². The zero-order chi connectivity index (χ0) is 28.0. The first kappa shape index (κ1) is 29.4. The fourth-order valence-corrected chi connectivity index (χ4v) is 3.90. The molecule has 1 N–H and O–H groups in total. The number of benzene rings is 2. The number of nitrogens with one attached hydrogen (secondary N) is 1. The summed E-state index contributed by atoms with van der Waals surface area (Å²) in [4.78, 5) is 29.8. The summed E-state index contributed by atoms with van der Waals surface area (Å²) in [6.45, 7) is 3.55. The topological polar surface area (TPSA) is 103 Å². The van der Waals surface area contributed by atoms with E-state index in [1.807, 2.05) is 31.2 Å². The molecule has 0 radical (unpaired) electrons. The molecule has 10 nitrogen and oxygen atoms in total. The first-order valence-corrected chi connectivity index (χ1v) is 12.8. The summed E-state index contributed by atoms with van der Waals surface area (Å²) < 4.78 is 26.9. The normalized spacial score (nSPS) is 10.6. The smallest absolute Gasteiger partial charge is 0.322 e. The van der Waals surface area contributed by atoms with Gasteiger partial charge in [0, 0.05) is 25.9 Å². The van der Waals surface area contributed by atoms with Crippen molar-refractivity contribution in [2.24, 2.45) is 0 Å². The molecule has 39 heavy (non-hydrogen) atoms. The van der Waals surface area contributed by atoms with Crippen molar-refractivity contribution in [3.8, 4) is 17.2 Å². The molecule has 2 aromatic carbocycles. The van der Waals surface area contributed by atoms with Crippen LogP contribution in [0.4, 0.5) is 10.5 Å². The second-order valence-corrected chi connectivity index (χ2v) is 8.64. The van der Waals surface area contributed by atoms with Crippen molar-refractivity contribution in [3.05, 3.63) is 72.2 Å². The molecule has 0 aliphatic carbocycles. The molecule has 210 valence electrons. The van der Waals surface area contributed by atoms with Crippen LogP contribution >= 0.6 is 0 Å². The van der Waals surface area contributed by atoms with Crippen LogP contribution in [0.3, 0.4) is 0 Å². The van der Waals surface area contributed by atoms with Gasteiger partial charge in [0.05, 0.1) is 40.2 Å². The number of rotatable bonds is 15. The molecule has 3 amide bonds. The fourth-order valence-electron chi connectivity index (χ4n) is 3.90. The molecule has 1 heterocycles. The third-order valence-electron chi connectivity index (χ3n) is 5.99. The Balaban J connectivity index is 1.71. The maximum Gasteiger partial charge on any atom is 0.322 e. The molecule has 0 bridgehead atoms. The minimum absolute atomic E-state index is 0.126. The molecule has 3 rings (SSSR count). The van der Waals surface area contributed by atoms with Crippen molar-refractivity contribution in [3.63, 3.8) is 0 Å². The Kier molecular flexibility index (Phi) is 11.5. The zero-order valence-corrected chi connectivity index (χ0v) is 23.0. The number of hydrogen-bond donors (Lipinski definition) is 1. The van der Waals surface area contributed by atoms with E-state index < -0.39 is 6.03 Å². The molecule has 0 atom stereocenters. The van der Waals surface area contributed by atoms with Crippen LogP contribution in [-0.4, -0.2) is 75.9 Å². The number of carbonyl (C=O) groups excluding carboxylic acids is 2. The molecule has 0 aliphatic rings. The quantitative estimate of drug-likeness (QED) is 0.304. The van der Waals surface area contributed by atoms with Crippen LogP contribution in [0.5, 0.6) is 17.2 Å². The van der Waals surface area contributed by atoms with Crippen LogP contribution in [0, 0.1) is 0 Å². The average molecular weight is 540 g/mol. The predicted molar refractivity (Wildman–Crippen MR) is 147 cm³/mol. The van der Waals surface area contributed by atoms with Gasteiger partial charge in [-0.2, -0.15) is 0 Å². The summed E-state index contributed by atoms with van der Waals surface area (Å²) in [6.07, 6.45) is 2.14. The van der Waals surface area contributed by atoms with Gasteiger partial charge in [-0.1, -0.05) is 6.07 Å². The van der Waals surface area contributed by atoms with Crippen LogP contribution in [-0.2, 0) is 22.5 Å². The number of anilines is 1. The second kappa shape index (κ2) is 15.3. The highest BCUT2D eigenvalue weighted by molar-refractivity contribution is 5.92. The minimum atomic E-state index is -0.401. The monoisotopic (exact) mass is 539 g/mol. The van der Waals surface area contributed by atoms with Gasteiger partial charge in [0.15, 0.2) is 11.5 Å². The molecule has 0 unspecified atom stereocenters. The first-order chi connectivity index (χ1) is 19.0. The van der Waals surface area contributed by atoms with E-state index in [2.05, 4.69) is 5.32 Å². The van der Waals surface area contributed by atoms with Crippen LogP contribution in [0.2, 0.25) is 0 Å². The SMILES string of the molecule is CCOc1ccc(NC(=O)N(CCOC)CC(=O)N(CCc2ccc(OC)c(OC)c2)Cc2ccco2)cc1. The lowest BCUT2D eigenvalue weighted by atomic mass is 10.1. The van der Waals surface area contributed by atoms with Crippen LogP contribution in [0.1, 0.15) is 18.2 Å². The van der Waals surface area contributed by atoms with E-state index in [1.165, 1.54) is 4.90 Å². The Morgan fingerprint density at radius 3 is 2.33 bits per heavy atom. The van der Waals surface area contributed by atoms with Crippen molar-refractivity contribution in [2.45, 2.75) is 19.9 Å². The number of urea groups is 1. The van der Waals surface area contributed by atoms with Gasteiger partial charge < -0.3 is 38.5 Å². The highest BCUT2D eigenvalue weighted by Crippen LogP contribution is 2.28. The molecule has 3 aromatic rings. The largest absolute Gasteiger partial charge is 0.494 e. The average Bonchev–Trinajstić information content (AvgIpc) is 3.47. The summed E-state index contributed by atoms with van der Waals surface area (Å²) in [6, 6.07) is 15.9. The third kappa shape index (κ3) is 8.96.